The van der Waals surface area contributed by atoms with E-state index in [2.05, 4.69) is 23.5 Å². The van der Waals surface area contributed by atoms with E-state index in [9.17, 15) is 13.2 Å². The van der Waals surface area contributed by atoms with Crippen molar-refractivity contribution in [2.75, 3.05) is 29.2 Å². The summed E-state index contributed by atoms with van der Waals surface area (Å²) in [6, 6.07) is 21.2. The molecule has 0 aromatic heterocycles. The summed E-state index contributed by atoms with van der Waals surface area (Å²) in [5.41, 5.74) is 3.42. The Balaban J connectivity index is 1.31. The number of sulfonamides is 1. The third-order valence-corrected chi connectivity index (χ3v) is 7.80. The number of nitrogens with one attached hydrogen (secondary N) is 1. The Labute approximate surface area is 210 Å². The van der Waals surface area contributed by atoms with Crippen LogP contribution < -0.4 is 19.1 Å². The maximum atomic E-state index is 12.6. The SMILES string of the molecule is Cc1cc(CSc2ccccc2)ccc1NC(=O)CCCN(c1ccc2c(c1)OCO2)S(C)(=O)=O. The first-order valence-corrected chi connectivity index (χ1v) is 14.1. The summed E-state index contributed by atoms with van der Waals surface area (Å²) in [7, 11) is -3.53. The molecule has 1 heterocycles. The van der Waals surface area contributed by atoms with Crippen LogP contribution in [-0.4, -0.2) is 33.9 Å². The van der Waals surface area contributed by atoms with Gasteiger partial charge in [-0.1, -0.05) is 30.3 Å². The normalized spacial score (nSPS) is 12.4. The molecule has 0 aliphatic carbocycles. The summed E-state index contributed by atoms with van der Waals surface area (Å²) in [4.78, 5) is 13.8. The van der Waals surface area contributed by atoms with Gasteiger partial charge in [0.2, 0.25) is 22.7 Å². The molecule has 184 valence electrons. The number of ether oxygens (including phenoxy) is 2. The van der Waals surface area contributed by atoms with Crippen molar-refractivity contribution in [2.45, 2.75) is 30.4 Å². The van der Waals surface area contributed by atoms with Crippen molar-refractivity contribution in [2.24, 2.45) is 0 Å². The van der Waals surface area contributed by atoms with E-state index >= 15 is 0 Å². The first-order chi connectivity index (χ1) is 16.8. The lowest BCUT2D eigenvalue weighted by molar-refractivity contribution is -0.116. The second-order valence-corrected chi connectivity index (χ2v) is 11.2. The number of anilines is 2. The van der Waals surface area contributed by atoms with Gasteiger partial charge in [-0.05, 0) is 54.8 Å². The molecule has 3 aromatic rings. The molecule has 35 heavy (non-hydrogen) atoms. The largest absolute Gasteiger partial charge is 0.454 e. The number of fused-ring (bicyclic) bond motifs is 1. The van der Waals surface area contributed by atoms with Crippen molar-refractivity contribution in [1.82, 2.24) is 0 Å². The van der Waals surface area contributed by atoms with Crippen LogP contribution in [0.4, 0.5) is 11.4 Å². The second-order valence-electron chi connectivity index (χ2n) is 8.28. The Morgan fingerprint density at radius 2 is 1.80 bits per heavy atom. The Kier molecular flexibility index (Phi) is 7.87. The van der Waals surface area contributed by atoms with Gasteiger partial charge in [0, 0.05) is 35.4 Å². The molecule has 0 bridgehead atoms. The smallest absolute Gasteiger partial charge is 0.232 e. The van der Waals surface area contributed by atoms with Crippen LogP contribution in [0.1, 0.15) is 24.0 Å². The summed E-state index contributed by atoms with van der Waals surface area (Å²) >= 11 is 1.77. The highest BCUT2D eigenvalue weighted by atomic mass is 32.2. The first-order valence-electron chi connectivity index (χ1n) is 11.2. The third-order valence-electron chi connectivity index (χ3n) is 5.52. The highest BCUT2D eigenvalue weighted by Gasteiger charge is 2.21. The number of aryl methyl sites for hydroxylation is 1. The van der Waals surface area contributed by atoms with E-state index in [-0.39, 0.29) is 25.7 Å². The first kappa shape index (κ1) is 24.9. The van der Waals surface area contributed by atoms with Gasteiger partial charge in [0.25, 0.3) is 0 Å². The minimum Gasteiger partial charge on any atom is -0.454 e. The molecule has 0 atom stereocenters. The lowest BCUT2D eigenvalue weighted by atomic mass is 10.1. The van der Waals surface area contributed by atoms with Crippen LogP contribution in [0.15, 0.2) is 71.6 Å². The van der Waals surface area contributed by atoms with Gasteiger partial charge in [0.1, 0.15) is 0 Å². The quantitative estimate of drug-likeness (QED) is 0.376. The fourth-order valence-corrected chi connectivity index (χ4v) is 5.58. The molecule has 0 fully saturated rings. The van der Waals surface area contributed by atoms with Crippen LogP contribution in [0.25, 0.3) is 0 Å². The third kappa shape index (κ3) is 6.70. The lowest BCUT2D eigenvalue weighted by Crippen LogP contribution is -2.31. The predicted octanol–water partition coefficient (Wildman–Crippen LogP) is 5.20. The number of benzene rings is 3. The molecule has 1 N–H and O–H groups in total. The van der Waals surface area contributed by atoms with Gasteiger partial charge in [0.05, 0.1) is 11.9 Å². The summed E-state index contributed by atoms with van der Waals surface area (Å²) in [5, 5.41) is 2.95. The molecule has 3 aromatic carbocycles. The number of thioether (sulfide) groups is 1. The molecule has 9 heteroatoms. The minimum absolute atomic E-state index is 0.115. The van der Waals surface area contributed by atoms with Gasteiger partial charge < -0.3 is 14.8 Å². The number of hydrogen-bond donors (Lipinski definition) is 1. The van der Waals surface area contributed by atoms with Gasteiger partial charge in [-0.25, -0.2) is 8.42 Å². The molecule has 1 aliphatic rings. The number of carbonyl (C=O) groups is 1. The van der Waals surface area contributed by atoms with Crippen molar-refractivity contribution >= 4 is 39.1 Å². The minimum atomic E-state index is -3.53. The van der Waals surface area contributed by atoms with E-state index in [1.54, 1.807) is 30.0 Å². The number of rotatable bonds is 10. The van der Waals surface area contributed by atoms with Gasteiger partial charge in [-0.2, -0.15) is 0 Å². The summed E-state index contributed by atoms with van der Waals surface area (Å²) in [6.07, 6.45) is 1.72. The molecule has 0 spiro atoms. The van der Waals surface area contributed by atoms with E-state index in [1.807, 2.05) is 37.3 Å². The number of amides is 1. The van der Waals surface area contributed by atoms with Gasteiger partial charge in [-0.3, -0.25) is 9.10 Å². The fourth-order valence-electron chi connectivity index (χ4n) is 3.76. The molecule has 1 amide bonds. The molecule has 0 saturated heterocycles. The van der Waals surface area contributed by atoms with Crippen molar-refractivity contribution in [3.8, 4) is 11.5 Å². The van der Waals surface area contributed by atoms with Gasteiger partial charge in [0.15, 0.2) is 11.5 Å². The average molecular weight is 513 g/mol. The van der Waals surface area contributed by atoms with E-state index < -0.39 is 10.0 Å². The molecule has 7 nitrogen and oxygen atoms in total. The van der Waals surface area contributed by atoms with Crippen LogP contribution in [0.5, 0.6) is 11.5 Å². The van der Waals surface area contributed by atoms with Gasteiger partial charge >= 0.3 is 0 Å². The van der Waals surface area contributed by atoms with Crippen LogP contribution in [0, 0.1) is 6.92 Å². The van der Waals surface area contributed by atoms with Crippen molar-refractivity contribution in [3.63, 3.8) is 0 Å². The van der Waals surface area contributed by atoms with E-state index in [1.165, 1.54) is 14.8 Å². The fraction of sp³-hybridized carbons (Fsp3) is 0.269. The number of nitrogens with zero attached hydrogens (tertiary/aromatic N) is 1. The van der Waals surface area contributed by atoms with E-state index in [0.29, 0.717) is 23.6 Å². The second kappa shape index (κ2) is 11.0. The molecular formula is C26H28N2O5S2. The highest BCUT2D eigenvalue weighted by molar-refractivity contribution is 7.98. The predicted molar refractivity (Wildman–Crippen MR) is 140 cm³/mol. The summed E-state index contributed by atoms with van der Waals surface area (Å²) < 4.78 is 36.7. The average Bonchev–Trinajstić information content (AvgIpc) is 3.30. The number of hydrogen-bond acceptors (Lipinski definition) is 6. The monoisotopic (exact) mass is 512 g/mol. The molecule has 0 saturated carbocycles. The van der Waals surface area contributed by atoms with Gasteiger partial charge in [-0.15, -0.1) is 11.8 Å². The maximum absolute atomic E-state index is 12.6. The Morgan fingerprint density at radius 1 is 1.03 bits per heavy atom. The standard InChI is InChI=1S/C26H28N2O5S2/c1-19-15-20(17-34-22-7-4-3-5-8-22)10-12-23(19)27-26(29)9-6-14-28(35(2,30)31)21-11-13-24-25(16-21)33-18-32-24/h3-5,7-8,10-13,15-16H,6,9,14,17-18H2,1-2H3,(H,27,29). The molecule has 1 aliphatic heterocycles. The molecule has 4 rings (SSSR count). The topological polar surface area (TPSA) is 84.9 Å². The van der Waals surface area contributed by atoms with Crippen molar-refractivity contribution in [3.05, 3.63) is 77.9 Å². The zero-order valence-corrected chi connectivity index (χ0v) is 21.3. The molecule has 0 radical (unpaired) electrons. The Hall–Kier alpha value is -3.17. The van der Waals surface area contributed by atoms with Crippen LogP contribution >= 0.6 is 11.8 Å². The Morgan fingerprint density at radius 3 is 2.54 bits per heavy atom. The van der Waals surface area contributed by atoms with Crippen LogP contribution in [-0.2, 0) is 20.6 Å². The lowest BCUT2D eigenvalue weighted by Gasteiger charge is -2.22. The van der Waals surface area contributed by atoms with Crippen LogP contribution in [0.3, 0.4) is 0 Å². The van der Waals surface area contributed by atoms with E-state index in [0.717, 1.165) is 23.3 Å². The summed E-state index contributed by atoms with van der Waals surface area (Å²) in [6.45, 7) is 2.27. The summed E-state index contributed by atoms with van der Waals surface area (Å²) in [5.74, 6) is 1.79. The van der Waals surface area contributed by atoms with Crippen LogP contribution in [0.2, 0.25) is 0 Å². The zero-order chi connectivity index (χ0) is 24.8. The zero-order valence-electron chi connectivity index (χ0n) is 19.7. The number of carbonyl (C=O) groups excluding carboxylic acids is 1. The van der Waals surface area contributed by atoms with Crippen molar-refractivity contribution in [1.29, 1.82) is 0 Å². The highest BCUT2D eigenvalue weighted by Crippen LogP contribution is 2.36. The van der Waals surface area contributed by atoms with Crippen molar-refractivity contribution < 1.29 is 22.7 Å². The maximum Gasteiger partial charge on any atom is 0.232 e. The Bertz CT molecular complexity index is 1300. The molecule has 0 unspecified atom stereocenters. The van der Waals surface area contributed by atoms with E-state index in [4.69, 9.17) is 9.47 Å². The molecular weight excluding hydrogens is 484 g/mol.